The van der Waals surface area contributed by atoms with Crippen LogP contribution in [-0.2, 0) is 4.74 Å². The molecule has 0 spiro atoms. The molecule has 0 heterocycles. The average molecular weight is 399 g/mol. The van der Waals surface area contributed by atoms with Gasteiger partial charge in [-0.1, -0.05) is 30.7 Å². The van der Waals surface area contributed by atoms with Crippen LogP contribution in [-0.4, -0.2) is 19.7 Å². The van der Waals surface area contributed by atoms with E-state index in [0.29, 0.717) is 5.41 Å². The molecule has 4 aliphatic carbocycles. The molecule has 2 amide bonds. The molecule has 4 nitrogen and oxygen atoms in total. The molecule has 0 bridgehead atoms. The number of ether oxygens (including phenoxy) is 1. The maximum absolute atomic E-state index is 9.48. The van der Waals surface area contributed by atoms with Gasteiger partial charge < -0.3 is 15.8 Å². The van der Waals surface area contributed by atoms with Crippen LogP contribution in [0.15, 0.2) is 46.8 Å². The van der Waals surface area contributed by atoms with E-state index in [4.69, 9.17) is 4.74 Å². The molecule has 4 atom stereocenters. The van der Waals surface area contributed by atoms with Crippen molar-refractivity contribution < 1.29 is 9.53 Å². The number of hydrogen-bond donors (Lipinski definition) is 2. The summed E-state index contributed by atoms with van der Waals surface area (Å²) >= 11 is 0. The van der Waals surface area contributed by atoms with E-state index in [2.05, 4.69) is 56.1 Å². The van der Waals surface area contributed by atoms with Crippen molar-refractivity contribution in [3.05, 3.63) is 46.8 Å². The van der Waals surface area contributed by atoms with Gasteiger partial charge in [-0.25, -0.2) is 4.79 Å². The molecule has 160 valence electrons. The van der Waals surface area contributed by atoms with Crippen molar-refractivity contribution in [2.24, 2.45) is 28.9 Å². The Hall–Kier alpha value is -1.97. The van der Waals surface area contributed by atoms with E-state index in [-0.39, 0.29) is 0 Å². The summed E-state index contributed by atoms with van der Waals surface area (Å²) in [6.07, 6.45) is 18.7. The zero-order chi connectivity index (χ0) is 21.0. The van der Waals surface area contributed by atoms with Crippen LogP contribution in [0.4, 0.5) is 4.79 Å². The molecule has 3 saturated carbocycles. The topological polar surface area (TPSA) is 64.3 Å². The molecule has 4 unspecified atom stereocenters. The highest BCUT2D eigenvalue weighted by Gasteiger charge is 2.52. The highest BCUT2D eigenvalue weighted by atomic mass is 16.5. The first kappa shape index (κ1) is 21.7. The quantitative estimate of drug-likeness (QED) is 0.592. The summed E-state index contributed by atoms with van der Waals surface area (Å²) in [6.45, 7) is 7.68. The first-order chi connectivity index (χ1) is 13.9. The lowest BCUT2D eigenvalue weighted by atomic mass is 9.54. The minimum Gasteiger partial charge on any atom is -0.498 e. The Labute approximate surface area is 176 Å². The van der Waals surface area contributed by atoms with Gasteiger partial charge >= 0.3 is 6.03 Å². The van der Waals surface area contributed by atoms with Crippen molar-refractivity contribution in [2.45, 2.75) is 65.7 Å². The van der Waals surface area contributed by atoms with Gasteiger partial charge in [0.05, 0.1) is 12.4 Å². The molecular weight excluding hydrogens is 360 g/mol. The average Bonchev–Trinajstić information content (AvgIpc) is 2.92. The zero-order valence-corrected chi connectivity index (χ0v) is 18.6. The second kappa shape index (κ2) is 9.23. The van der Waals surface area contributed by atoms with Crippen LogP contribution < -0.4 is 11.1 Å². The SMILES string of the molecule is C/C=C1/CCC2C3CCC4=CC=C(OCC)CC=C4C3CCC12C.CNC(N)=O. The van der Waals surface area contributed by atoms with Crippen LogP contribution in [0.2, 0.25) is 0 Å². The first-order valence-corrected chi connectivity index (χ1v) is 11.3. The van der Waals surface area contributed by atoms with E-state index < -0.39 is 6.03 Å². The van der Waals surface area contributed by atoms with Gasteiger partial charge in [0.15, 0.2) is 0 Å². The molecular formula is C25H38N2O2. The van der Waals surface area contributed by atoms with Gasteiger partial charge in [0.1, 0.15) is 0 Å². The second-order valence-corrected chi connectivity index (χ2v) is 8.96. The van der Waals surface area contributed by atoms with Crippen LogP contribution >= 0.6 is 0 Å². The predicted molar refractivity (Wildman–Crippen MR) is 119 cm³/mol. The second-order valence-electron chi connectivity index (χ2n) is 8.96. The Morgan fingerprint density at radius 2 is 2.07 bits per heavy atom. The van der Waals surface area contributed by atoms with Gasteiger partial charge in [-0.3, -0.25) is 0 Å². The number of carbonyl (C=O) groups is 1. The lowest BCUT2D eigenvalue weighted by molar-refractivity contribution is 0.0637. The fourth-order valence-corrected chi connectivity index (χ4v) is 6.33. The van der Waals surface area contributed by atoms with Gasteiger partial charge in [-0.15, -0.1) is 0 Å². The minimum absolute atomic E-state index is 0.495. The molecule has 0 aromatic rings. The predicted octanol–water partition coefficient (Wildman–Crippen LogP) is 5.63. The maximum atomic E-state index is 9.48. The largest absolute Gasteiger partial charge is 0.498 e. The van der Waals surface area contributed by atoms with E-state index in [1.54, 1.807) is 16.7 Å². The summed E-state index contributed by atoms with van der Waals surface area (Å²) in [6, 6.07) is -0.495. The van der Waals surface area contributed by atoms with Gasteiger partial charge in [-0.2, -0.15) is 0 Å². The number of primary amides is 1. The van der Waals surface area contributed by atoms with E-state index in [1.807, 2.05) is 0 Å². The molecule has 0 aliphatic heterocycles. The Kier molecular flexibility index (Phi) is 6.92. The van der Waals surface area contributed by atoms with Crippen molar-refractivity contribution in [3.63, 3.8) is 0 Å². The number of allylic oxidation sites excluding steroid dienone is 7. The number of carbonyl (C=O) groups excluding carboxylic acids is 1. The van der Waals surface area contributed by atoms with Gasteiger partial charge in [-0.05, 0) is 92.8 Å². The minimum atomic E-state index is -0.495. The van der Waals surface area contributed by atoms with Crippen molar-refractivity contribution in [2.75, 3.05) is 13.7 Å². The van der Waals surface area contributed by atoms with Crippen molar-refractivity contribution >= 4 is 6.03 Å². The van der Waals surface area contributed by atoms with Crippen LogP contribution in [0.5, 0.6) is 0 Å². The maximum Gasteiger partial charge on any atom is 0.311 e. The van der Waals surface area contributed by atoms with Gasteiger partial charge in [0, 0.05) is 13.5 Å². The van der Waals surface area contributed by atoms with Crippen LogP contribution in [0.25, 0.3) is 0 Å². The number of amides is 2. The molecule has 4 rings (SSSR count). The zero-order valence-electron chi connectivity index (χ0n) is 18.6. The summed E-state index contributed by atoms with van der Waals surface area (Å²) in [5, 5.41) is 2.17. The van der Waals surface area contributed by atoms with Crippen molar-refractivity contribution in [1.29, 1.82) is 0 Å². The molecule has 29 heavy (non-hydrogen) atoms. The molecule has 0 aromatic heterocycles. The molecule has 4 aliphatic rings. The lowest BCUT2D eigenvalue weighted by Crippen LogP contribution is -2.41. The smallest absolute Gasteiger partial charge is 0.311 e. The summed E-state index contributed by atoms with van der Waals surface area (Å²) in [5.41, 5.74) is 10.1. The van der Waals surface area contributed by atoms with Crippen LogP contribution in [0, 0.1) is 23.2 Å². The normalized spacial score (nSPS) is 34.1. The number of fused-ring (bicyclic) bond motifs is 5. The first-order valence-electron chi connectivity index (χ1n) is 11.3. The van der Waals surface area contributed by atoms with Crippen molar-refractivity contribution in [3.8, 4) is 0 Å². The number of nitrogens with one attached hydrogen (secondary N) is 1. The van der Waals surface area contributed by atoms with Crippen molar-refractivity contribution in [1.82, 2.24) is 5.32 Å². The molecule has 4 heteroatoms. The standard InChI is InChI=1S/C23H32O.C2H6N2O/c1-4-17-8-13-22-21-11-7-16-6-9-18(24-5-2)10-12-19(16)20(21)14-15-23(17,22)3;1-4-2(3)5/h4,6,9,12,20-22H,5,7-8,10-11,13-15H2,1-3H3;1H3,(H3,3,4,5)/b17-4-;. The molecule has 0 radical (unpaired) electrons. The highest BCUT2D eigenvalue weighted by molar-refractivity contribution is 5.71. The summed E-state index contributed by atoms with van der Waals surface area (Å²) < 4.78 is 5.78. The number of urea groups is 1. The van der Waals surface area contributed by atoms with Gasteiger partial charge in [0.2, 0.25) is 0 Å². The summed E-state index contributed by atoms with van der Waals surface area (Å²) in [5.74, 6) is 3.75. The molecule has 0 saturated heterocycles. The Morgan fingerprint density at radius 3 is 2.72 bits per heavy atom. The number of hydrogen-bond acceptors (Lipinski definition) is 2. The van der Waals surface area contributed by atoms with Crippen LogP contribution in [0.3, 0.4) is 0 Å². The fraction of sp³-hybridized carbons (Fsp3) is 0.640. The van der Waals surface area contributed by atoms with E-state index in [1.165, 1.54) is 45.6 Å². The van der Waals surface area contributed by atoms with Gasteiger partial charge in [0.25, 0.3) is 0 Å². The van der Waals surface area contributed by atoms with E-state index >= 15 is 0 Å². The number of rotatable bonds is 2. The third-order valence-corrected chi connectivity index (χ3v) is 7.72. The van der Waals surface area contributed by atoms with Crippen LogP contribution in [0.1, 0.15) is 65.7 Å². The highest BCUT2D eigenvalue weighted by Crippen LogP contribution is 2.62. The molecule has 3 N–H and O–H groups in total. The van der Waals surface area contributed by atoms with E-state index in [0.717, 1.165) is 36.5 Å². The Bertz CT molecular complexity index is 746. The Balaban J connectivity index is 0.000000431. The third-order valence-electron chi connectivity index (χ3n) is 7.72. The molecule has 0 aromatic carbocycles. The summed E-state index contributed by atoms with van der Waals surface area (Å²) in [7, 11) is 1.47. The third kappa shape index (κ3) is 4.31. The van der Waals surface area contributed by atoms with E-state index in [9.17, 15) is 4.79 Å². The Morgan fingerprint density at radius 1 is 1.31 bits per heavy atom. The fourth-order valence-electron chi connectivity index (χ4n) is 6.33. The molecule has 3 fully saturated rings. The lowest BCUT2D eigenvalue weighted by Gasteiger charge is -2.50. The monoisotopic (exact) mass is 398 g/mol. The number of nitrogens with two attached hydrogens (primary N) is 1. The summed E-state index contributed by atoms with van der Waals surface area (Å²) in [4.78, 5) is 9.48.